The first-order valence-corrected chi connectivity index (χ1v) is 6.80. The number of hydrogen-bond acceptors (Lipinski definition) is 5. The zero-order valence-electron chi connectivity index (χ0n) is 11.5. The Hall–Kier alpha value is -2.12. The Kier molecular flexibility index (Phi) is 4.91. The van der Waals surface area contributed by atoms with Crippen LogP contribution in [0.15, 0.2) is 6.20 Å². The Morgan fingerprint density at radius 3 is 2.80 bits per heavy atom. The topological polar surface area (TPSA) is 89.3 Å². The molecule has 1 N–H and O–H groups in total. The lowest BCUT2D eigenvalue weighted by molar-refractivity contribution is -0.133. The summed E-state index contributed by atoms with van der Waals surface area (Å²) in [6.07, 6.45) is 4.08. The van der Waals surface area contributed by atoms with Crippen LogP contribution in [0.4, 0.5) is 10.6 Å². The van der Waals surface area contributed by atoms with Crippen molar-refractivity contribution in [1.82, 2.24) is 19.9 Å². The van der Waals surface area contributed by atoms with E-state index >= 15 is 0 Å². The molecule has 2 amide bonds. The van der Waals surface area contributed by atoms with Crippen molar-refractivity contribution in [1.29, 1.82) is 0 Å². The predicted octanol–water partition coefficient (Wildman–Crippen LogP) is 0.859. The van der Waals surface area contributed by atoms with Gasteiger partial charge in [0.25, 0.3) is 0 Å². The summed E-state index contributed by atoms with van der Waals surface area (Å²) in [5.74, 6) is 0.276. The van der Waals surface area contributed by atoms with Gasteiger partial charge in [0.2, 0.25) is 5.91 Å². The fourth-order valence-corrected chi connectivity index (χ4v) is 2.07. The van der Waals surface area contributed by atoms with E-state index < -0.39 is 6.09 Å². The van der Waals surface area contributed by atoms with Gasteiger partial charge in [-0.25, -0.2) is 4.79 Å². The van der Waals surface area contributed by atoms with Crippen LogP contribution >= 0.6 is 0 Å². The van der Waals surface area contributed by atoms with Crippen molar-refractivity contribution in [3.8, 4) is 0 Å². The third-order valence-electron chi connectivity index (χ3n) is 3.03. The van der Waals surface area contributed by atoms with E-state index in [1.54, 1.807) is 6.92 Å². The van der Waals surface area contributed by atoms with Gasteiger partial charge >= 0.3 is 6.09 Å². The normalized spacial score (nSPS) is 14.9. The number of likely N-dealkylation sites (tertiary alicyclic amines) is 1. The number of anilines is 1. The molecule has 1 aliphatic heterocycles. The van der Waals surface area contributed by atoms with E-state index in [2.05, 4.69) is 15.5 Å². The van der Waals surface area contributed by atoms with Crippen molar-refractivity contribution < 1.29 is 14.3 Å². The monoisotopic (exact) mass is 281 g/mol. The molecule has 1 aliphatic rings. The first-order chi connectivity index (χ1) is 9.69. The van der Waals surface area contributed by atoms with Crippen LogP contribution in [0.3, 0.4) is 0 Å². The lowest BCUT2D eigenvalue weighted by Gasteiger charge is -2.26. The summed E-state index contributed by atoms with van der Waals surface area (Å²) in [4.78, 5) is 26.3. The van der Waals surface area contributed by atoms with Gasteiger partial charge in [-0.3, -0.25) is 10.1 Å². The molecule has 110 valence electrons. The number of nitrogens with one attached hydrogen (secondary N) is 1. The minimum absolute atomic E-state index is 0.00276. The quantitative estimate of drug-likeness (QED) is 0.884. The summed E-state index contributed by atoms with van der Waals surface area (Å²) in [6.45, 7) is 3.69. The summed E-state index contributed by atoms with van der Waals surface area (Å²) < 4.78 is 4.73. The highest BCUT2D eigenvalue weighted by atomic mass is 16.5. The lowest BCUT2D eigenvalue weighted by Crippen LogP contribution is -2.38. The molecule has 1 fully saturated rings. The summed E-state index contributed by atoms with van der Waals surface area (Å²) in [7, 11) is 0. The predicted molar refractivity (Wildman–Crippen MR) is 71.1 cm³/mol. The van der Waals surface area contributed by atoms with E-state index in [9.17, 15) is 9.59 Å². The zero-order valence-corrected chi connectivity index (χ0v) is 11.5. The third kappa shape index (κ3) is 3.94. The van der Waals surface area contributed by atoms with E-state index in [0.29, 0.717) is 0 Å². The standard InChI is InChI=1S/C12H19N5O3/c1-2-20-12(19)14-10-8-13-17(15-10)9-11(18)16-6-4-3-5-7-16/h8H,2-7,9H2,1H3,(H,14,15,19). The van der Waals surface area contributed by atoms with Crippen molar-refractivity contribution >= 4 is 17.8 Å². The maximum Gasteiger partial charge on any atom is 0.412 e. The highest BCUT2D eigenvalue weighted by Crippen LogP contribution is 2.09. The van der Waals surface area contributed by atoms with Gasteiger partial charge < -0.3 is 9.64 Å². The Morgan fingerprint density at radius 2 is 2.10 bits per heavy atom. The molecule has 0 aliphatic carbocycles. The Morgan fingerprint density at radius 1 is 1.35 bits per heavy atom. The highest BCUT2D eigenvalue weighted by Gasteiger charge is 2.17. The molecule has 0 spiro atoms. The van der Waals surface area contributed by atoms with E-state index in [1.165, 1.54) is 17.4 Å². The van der Waals surface area contributed by atoms with E-state index in [-0.39, 0.29) is 24.9 Å². The number of hydrogen-bond donors (Lipinski definition) is 1. The molecule has 0 atom stereocenters. The second kappa shape index (κ2) is 6.88. The summed E-state index contributed by atoms with van der Waals surface area (Å²) in [6, 6.07) is 0. The van der Waals surface area contributed by atoms with Gasteiger partial charge in [0.05, 0.1) is 12.8 Å². The van der Waals surface area contributed by atoms with Crippen LogP contribution in [0.1, 0.15) is 26.2 Å². The van der Waals surface area contributed by atoms with Gasteiger partial charge in [-0.15, -0.1) is 5.10 Å². The summed E-state index contributed by atoms with van der Waals surface area (Å²) in [5.41, 5.74) is 0. The van der Waals surface area contributed by atoms with Crippen molar-refractivity contribution in [2.45, 2.75) is 32.7 Å². The molecule has 2 heterocycles. The number of ether oxygens (including phenoxy) is 1. The summed E-state index contributed by atoms with van der Waals surface area (Å²) >= 11 is 0. The molecule has 20 heavy (non-hydrogen) atoms. The molecule has 1 saturated heterocycles. The van der Waals surface area contributed by atoms with Crippen LogP contribution in [0.5, 0.6) is 0 Å². The van der Waals surface area contributed by atoms with Gasteiger partial charge in [0.1, 0.15) is 6.54 Å². The van der Waals surface area contributed by atoms with Crippen molar-refractivity contribution in [3.05, 3.63) is 6.20 Å². The molecule has 0 bridgehead atoms. The maximum absolute atomic E-state index is 12.0. The van der Waals surface area contributed by atoms with Crippen molar-refractivity contribution in [2.75, 3.05) is 25.0 Å². The molecule has 0 aromatic carbocycles. The lowest BCUT2D eigenvalue weighted by atomic mass is 10.1. The minimum atomic E-state index is -0.582. The maximum atomic E-state index is 12.0. The molecule has 0 radical (unpaired) electrons. The third-order valence-corrected chi connectivity index (χ3v) is 3.03. The molecule has 1 aromatic rings. The van der Waals surface area contributed by atoms with Gasteiger partial charge in [0.15, 0.2) is 5.82 Å². The number of nitrogens with zero attached hydrogens (tertiary/aromatic N) is 4. The van der Waals surface area contributed by atoms with E-state index in [0.717, 1.165) is 25.9 Å². The molecule has 0 saturated carbocycles. The van der Waals surface area contributed by atoms with Crippen LogP contribution < -0.4 is 5.32 Å². The van der Waals surface area contributed by atoms with Crippen LogP contribution in [-0.4, -0.2) is 51.6 Å². The smallest absolute Gasteiger partial charge is 0.412 e. The molecular formula is C12H19N5O3. The second-order valence-electron chi connectivity index (χ2n) is 4.55. The Balaban J connectivity index is 1.85. The van der Waals surface area contributed by atoms with Crippen molar-refractivity contribution in [2.24, 2.45) is 0 Å². The van der Waals surface area contributed by atoms with Gasteiger partial charge in [-0.2, -0.15) is 9.90 Å². The van der Waals surface area contributed by atoms with Crippen LogP contribution in [-0.2, 0) is 16.1 Å². The van der Waals surface area contributed by atoms with Crippen LogP contribution in [0, 0.1) is 0 Å². The van der Waals surface area contributed by atoms with Gasteiger partial charge in [0, 0.05) is 13.1 Å². The summed E-state index contributed by atoms with van der Waals surface area (Å²) in [5, 5.41) is 10.4. The second-order valence-corrected chi connectivity index (χ2v) is 4.55. The van der Waals surface area contributed by atoms with Crippen LogP contribution in [0.25, 0.3) is 0 Å². The number of amides is 2. The molecular weight excluding hydrogens is 262 g/mol. The molecule has 0 unspecified atom stereocenters. The SMILES string of the molecule is CCOC(=O)Nc1cnn(CC(=O)N2CCCCC2)n1. The average Bonchev–Trinajstić information content (AvgIpc) is 2.87. The highest BCUT2D eigenvalue weighted by molar-refractivity contribution is 5.83. The Bertz CT molecular complexity index is 467. The van der Waals surface area contributed by atoms with E-state index in [1.807, 2.05) is 4.90 Å². The number of aromatic nitrogens is 3. The van der Waals surface area contributed by atoms with Gasteiger partial charge in [-0.05, 0) is 26.2 Å². The molecule has 1 aromatic heterocycles. The number of carbonyl (C=O) groups is 2. The van der Waals surface area contributed by atoms with Gasteiger partial charge in [-0.1, -0.05) is 0 Å². The van der Waals surface area contributed by atoms with Crippen LogP contribution in [0.2, 0.25) is 0 Å². The Labute approximate surface area is 117 Å². The fraction of sp³-hybridized carbons (Fsp3) is 0.667. The van der Waals surface area contributed by atoms with E-state index in [4.69, 9.17) is 4.74 Å². The van der Waals surface area contributed by atoms with Crippen molar-refractivity contribution in [3.63, 3.8) is 0 Å². The number of carbonyl (C=O) groups excluding carboxylic acids is 2. The zero-order chi connectivity index (χ0) is 14.4. The molecule has 8 nitrogen and oxygen atoms in total. The first kappa shape index (κ1) is 14.3. The number of piperidine rings is 1. The largest absolute Gasteiger partial charge is 0.450 e. The number of rotatable bonds is 4. The minimum Gasteiger partial charge on any atom is -0.450 e. The fourth-order valence-electron chi connectivity index (χ4n) is 2.07. The average molecular weight is 281 g/mol. The molecule has 2 rings (SSSR count). The first-order valence-electron chi connectivity index (χ1n) is 6.80. The molecule has 8 heteroatoms.